The molecule has 16 heavy (non-hydrogen) atoms. The number of rotatable bonds is 6. The molecule has 0 amide bonds. The largest absolute Gasteiger partial charge is 0.465 e. The van der Waals surface area contributed by atoms with Crippen molar-refractivity contribution in [1.82, 2.24) is 4.90 Å². The molecule has 1 fully saturated rings. The van der Waals surface area contributed by atoms with Crippen molar-refractivity contribution in [2.75, 3.05) is 19.7 Å². The molecule has 0 radical (unpaired) electrons. The van der Waals surface area contributed by atoms with Crippen LogP contribution in [-0.2, 0) is 9.53 Å². The fourth-order valence-electron chi connectivity index (χ4n) is 1.34. The van der Waals surface area contributed by atoms with Gasteiger partial charge >= 0.3 is 5.97 Å². The summed E-state index contributed by atoms with van der Waals surface area (Å²) in [6.07, 6.45) is 0.526. The Morgan fingerprint density at radius 1 is 1.50 bits per heavy atom. The van der Waals surface area contributed by atoms with Crippen LogP contribution < -0.4 is 0 Å². The number of hydrogen-bond donors (Lipinski definition) is 0. The summed E-state index contributed by atoms with van der Waals surface area (Å²) in [4.78, 5) is 13.8. The number of ether oxygens (including phenoxy) is 1. The van der Waals surface area contributed by atoms with E-state index in [4.69, 9.17) is 4.74 Å². The zero-order valence-electron chi connectivity index (χ0n) is 11.2. The monoisotopic (exact) mass is 227 g/mol. The minimum Gasteiger partial charge on any atom is -0.465 e. The first-order valence-corrected chi connectivity index (χ1v) is 6.22. The van der Waals surface area contributed by atoms with Crippen molar-refractivity contribution < 1.29 is 9.53 Å². The van der Waals surface area contributed by atoms with Crippen LogP contribution in [0.15, 0.2) is 0 Å². The van der Waals surface area contributed by atoms with Crippen LogP contribution in [0.25, 0.3) is 0 Å². The van der Waals surface area contributed by atoms with Gasteiger partial charge in [0.2, 0.25) is 0 Å². The van der Waals surface area contributed by atoms with Crippen molar-refractivity contribution in [3.8, 4) is 0 Å². The van der Waals surface area contributed by atoms with Crippen molar-refractivity contribution in [2.45, 2.75) is 47.1 Å². The van der Waals surface area contributed by atoms with Gasteiger partial charge in [-0.3, -0.25) is 9.69 Å². The maximum absolute atomic E-state index is 11.5. The second-order valence-corrected chi connectivity index (χ2v) is 5.90. The van der Waals surface area contributed by atoms with Gasteiger partial charge in [-0.05, 0) is 12.8 Å². The highest BCUT2D eigenvalue weighted by Crippen LogP contribution is 2.26. The molecule has 94 valence electrons. The van der Waals surface area contributed by atoms with E-state index < -0.39 is 0 Å². The molecule has 0 aliphatic carbocycles. The van der Waals surface area contributed by atoms with Gasteiger partial charge in [-0.1, -0.05) is 27.7 Å². The average Bonchev–Trinajstić information content (AvgIpc) is 2.88. The van der Waals surface area contributed by atoms with Gasteiger partial charge in [-0.15, -0.1) is 0 Å². The Morgan fingerprint density at radius 3 is 2.50 bits per heavy atom. The molecule has 3 nitrogen and oxygen atoms in total. The average molecular weight is 227 g/mol. The van der Waals surface area contributed by atoms with Crippen LogP contribution in [0.4, 0.5) is 0 Å². The molecule has 1 heterocycles. The molecule has 1 aliphatic heterocycles. The van der Waals surface area contributed by atoms with Crippen LogP contribution in [0.5, 0.6) is 0 Å². The van der Waals surface area contributed by atoms with E-state index in [0.717, 1.165) is 13.1 Å². The smallest absolute Gasteiger partial charge is 0.307 e. The summed E-state index contributed by atoms with van der Waals surface area (Å²) in [6.45, 7) is 13.3. The Balaban J connectivity index is 2.14. The first-order valence-electron chi connectivity index (χ1n) is 6.22. The first-order chi connectivity index (χ1) is 7.33. The lowest BCUT2D eigenvalue weighted by molar-refractivity contribution is -0.147. The lowest BCUT2D eigenvalue weighted by Crippen LogP contribution is -2.27. The van der Waals surface area contributed by atoms with E-state index in [1.165, 1.54) is 0 Å². The fraction of sp³-hybridized carbons (Fsp3) is 0.923. The van der Waals surface area contributed by atoms with E-state index in [2.05, 4.69) is 39.5 Å². The van der Waals surface area contributed by atoms with Gasteiger partial charge in [-0.2, -0.15) is 0 Å². The standard InChI is InChI=1S/C13H25NO2/c1-10(2)13(4,5)9-16-12(15)6-7-14-8-11(14)3/h10-11H,6-9H2,1-5H3. The third-order valence-corrected chi connectivity index (χ3v) is 3.76. The van der Waals surface area contributed by atoms with E-state index in [1.54, 1.807) is 0 Å². The molecule has 1 saturated heterocycles. The quantitative estimate of drug-likeness (QED) is 0.515. The molecular weight excluding hydrogens is 202 g/mol. The molecule has 0 N–H and O–H groups in total. The van der Waals surface area contributed by atoms with E-state index in [0.29, 0.717) is 25.0 Å². The normalized spacial score (nSPS) is 24.6. The van der Waals surface area contributed by atoms with Crippen molar-refractivity contribution in [3.05, 3.63) is 0 Å². The van der Waals surface area contributed by atoms with Crippen molar-refractivity contribution in [1.29, 1.82) is 0 Å². The number of carbonyl (C=O) groups excluding carboxylic acids is 1. The van der Waals surface area contributed by atoms with Gasteiger partial charge in [-0.25, -0.2) is 0 Å². The predicted octanol–water partition coefficient (Wildman–Crippen LogP) is 2.31. The molecule has 0 aromatic heterocycles. The van der Waals surface area contributed by atoms with Gasteiger partial charge in [0.05, 0.1) is 13.0 Å². The summed E-state index contributed by atoms with van der Waals surface area (Å²) in [5.41, 5.74) is 0.0722. The Labute approximate surface area is 99.1 Å². The predicted molar refractivity (Wildman–Crippen MR) is 65.2 cm³/mol. The Bertz CT molecular complexity index is 248. The van der Waals surface area contributed by atoms with Crippen LogP contribution in [0.3, 0.4) is 0 Å². The molecule has 0 aromatic carbocycles. The molecule has 1 rings (SSSR count). The van der Waals surface area contributed by atoms with Crippen molar-refractivity contribution in [2.24, 2.45) is 11.3 Å². The van der Waals surface area contributed by atoms with E-state index in [9.17, 15) is 4.79 Å². The highest BCUT2D eigenvalue weighted by Gasteiger charge is 2.29. The summed E-state index contributed by atoms with van der Waals surface area (Å²) < 4.78 is 5.32. The highest BCUT2D eigenvalue weighted by atomic mass is 16.5. The second kappa shape index (κ2) is 5.17. The van der Waals surface area contributed by atoms with Crippen LogP contribution in [0.1, 0.15) is 41.0 Å². The summed E-state index contributed by atoms with van der Waals surface area (Å²) in [7, 11) is 0. The Morgan fingerprint density at radius 2 is 2.06 bits per heavy atom. The molecule has 2 atom stereocenters. The zero-order valence-corrected chi connectivity index (χ0v) is 11.2. The van der Waals surface area contributed by atoms with E-state index in [-0.39, 0.29) is 11.4 Å². The fourth-order valence-corrected chi connectivity index (χ4v) is 1.34. The van der Waals surface area contributed by atoms with Crippen molar-refractivity contribution in [3.63, 3.8) is 0 Å². The minimum absolute atomic E-state index is 0.0622. The van der Waals surface area contributed by atoms with Crippen LogP contribution in [0.2, 0.25) is 0 Å². The van der Waals surface area contributed by atoms with Gasteiger partial charge in [0.25, 0.3) is 0 Å². The molecule has 0 bridgehead atoms. The summed E-state index contributed by atoms with van der Waals surface area (Å²) in [6, 6.07) is 0.667. The molecular formula is C13H25NO2. The number of nitrogens with zero attached hydrogens (tertiary/aromatic N) is 1. The topological polar surface area (TPSA) is 29.3 Å². The third-order valence-electron chi connectivity index (χ3n) is 3.76. The first kappa shape index (κ1) is 13.5. The zero-order chi connectivity index (χ0) is 12.3. The molecule has 3 heteroatoms. The lowest BCUT2D eigenvalue weighted by Gasteiger charge is -2.28. The Kier molecular flexibility index (Phi) is 4.36. The van der Waals surface area contributed by atoms with Gasteiger partial charge in [0, 0.05) is 24.5 Å². The maximum Gasteiger partial charge on any atom is 0.307 e. The third kappa shape index (κ3) is 4.12. The van der Waals surface area contributed by atoms with Gasteiger partial charge in [0.1, 0.15) is 0 Å². The minimum atomic E-state index is -0.0622. The SMILES string of the molecule is CC1CN1CCC(=O)OCC(C)(C)C(C)C. The Hall–Kier alpha value is -0.570. The molecule has 2 unspecified atom stereocenters. The van der Waals surface area contributed by atoms with Crippen LogP contribution in [-0.4, -0.2) is 36.6 Å². The highest BCUT2D eigenvalue weighted by molar-refractivity contribution is 5.69. The van der Waals surface area contributed by atoms with Crippen molar-refractivity contribution >= 4 is 5.97 Å². The number of carbonyl (C=O) groups is 1. The molecule has 1 aliphatic rings. The summed E-state index contributed by atoms with van der Waals surface area (Å²) in [5, 5.41) is 0. The van der Waals surface area contributed by atoms with Crippen LogP contribution in [0, 0.1) is 11.3 Å². The van der Waals surface area contributed by atoms with Gasteiger partial charge < -0.3 is 4.74 Å². The van der Waals surface area contributed by atoms with Gasteiger partial charge in [0.15, 0.2) is 0 Å². The molecule has 0 saturated carbocycles. The summed E-state index contributed by atoms with van der Waals surface area (Å²) in [5.74, 6) is 0.459. The number of esters is 1. The lowest BCUT2D eigenvalue weighted by atomic mass is 9.82. The number of hydrogen-bond acceptors (Lipinski definition) is 3. The maximum atomic E-state index is 11.5. The molecule has 0 aromatic rings. The summed E-state index contributed by atoms with van der Waals surface area (Å²) >= 11 is 0. The second-order valence-electron chi connectivity index (χ2n) is 5.90. The van der Waals surface area contributed by atoms with E-state index in [1.807, 2.05) is 0 Å². The van der Waals surface area contributed by atoms with E-state index >= 15 is 0 Å². The molecule has 0 spiro atoms. The van der Waals surface area contributed by atoms with Crippen LogP contribution >= 0.6 is 0 Å².